The van der Waals surface area contributed by atoms with E-state index in [9.17, 15) is 0 Å². The van der Waals surface area contributed by atoms with Gasteiger partial charge in [0.05, 0.1) is 5.02 Å². The van der Waals surface area contributed by atoms with Crippen LogP contribution in [0.3, 0.4) is 0 Å². The highest BCUT2D eigenvalue weighted by molar-refractivity contribution is 6.33. The monoisotopic (exact) mass is 238 g/mol. The van der Waals surface area contributed by atoms with Gasteiger partial charge in [-0.05, 0) is 31.4 Å². The summed E-state index contributed by atoms with van der Waals surface area (Å²) in [7, 11) is 0. The molecule has 1 fully saturated rings. The Hall–Kier alpha value is -1.06. The van der Waals surface area contributed by atoms with Crippen LogP contribution in [0.5, 0.6) is 0 Å². The second kappa shape index (κ2) is 5.32. The lowest BCUT2D eigenvalue weighted by Crippen LogP contribution is -2.27. The van der Waals surface area contributed by atoms with Gasteiger partial charge >= 0.3 is 0 Å². The summed E-state index contributed by atoms with van der Waals surface area (Å²) < 4.78 is 5.59. The molecule has 0 saturated carbocycles. The molecule has 1 aromatic carbocycles. The molecule has 1 aliphatic heterocycles. The Labute approximate surface area is 100 Å². The lowest BCUT2D eigenvalue weighted by Gasteiger charge is -2.25. The van der Waals surface area contributed by atoms with Crippen LogP contribution in [-0.4, -0.2) is 19.0 Å². The standard InChI is InChI=1S/C12H15ClN2O/c13-10-4-3-5-11(9(10)8-14)15-12-6-1-2-7-16-12/h3-5,8,12,14-15H,1-2,6-7H2. The zero-order valence-corrected chi connectivity index (χ0v) is 9.76. The average molecular weight is 239 g/mol. The van der Waals surface area contributed by atoms with Gasteiger partial charge in [-0.2, -0.15) is 0 Å². The predicted octanol–water partition coefficient (Wildman–Crippen LogP) is 3.28. The predicted molar refractivity (Wildman–Crippen MR) is 66.6 cm³/mol. The van der Waals surface area contributed by atoms with Crippen LogP contribution in [0, 0.1) is 5.41 Å². The summed E-state index contributed by atoms with van der Waals surface area (Å²) in [5, 5.41) is 11.2. The summed E-state index contributed by atoms with van der Waals surface area (Å²) in [6.07, 6.45) is 4.63. The minimum absolute atomic E-state index is 0.0471. The Morgan fingerprint density at radius 2 is 2.31 bits per heavy atom. The van der Waals surface area contributed by atoms with E-state index < -0.39 is 0 Å². The van der Waals surface area contributed by atoms with E-state index in [1.807, 2.05) is 12.1 Å². The third kappa shape index (κ3) is 2.54. The second-order valence-electron chi connectivity index (χ2n) is 3.84. The quantitative estimate of drug-likeness (QED) is 0.794. The van der Waals surface area contributed by atoms with Crippen molar-refractivity contribution in [3.05, 3.63) is 28.8 Å². The minimum atomic E-state index is 0.0471. The zero-order valence-electron chi connectivity index (χ0n) is 9.00. The van der Waals surface area contributed by atoms with Crippen molar-refractivity contribution in [2.75, 3.05) is 11.9 Å². The van der Waals surface area contributed by atoms with E-state index in [1.165, 1.54) is 12.6 Å². The number of anilines is 1. The van der Waals surface area contributed by atoms with Gasteiger partial charge in [0.2, 0.25) is 0 Å². The number of ether oxygens (including phenoxy) is 1. The van der Waals surface area contributed by atoms with Crippen LogP contribution >= 0.6 is 11.6 Å². The fourth-order valence-electron chi connectivity index (χ4n) is 1.84. The molecule has 86 valence electrons. The lowest BCUT2D eigenvalue weighted by atomic mass is 10.1. The molecule has 0 spiro atoms. The maximum absolute atomic E-state index is 7.35. The van der Waals surface area contributed by atoms with Gasteiger partial charge in [-0.1, -0.05) is 17.7 Å². The fraction of sp³-hybridized carbons (Fsp3) is 0.417. The molecule has 1 heterocycles. The first kappa shape index (κ1) is 11.4. The van der Waals surface area contributed by atoms with Crippen molar-refractivity contribution >= 4 is 23.5 Å². The van der Waals surface area contributed by atoms with E-state index in [0.717, 1.165) is 30.7 Å². The van der Waals surface area contributed by atoms with Gasteiger partial charge in [0.25, 0.3) is 0 Å². The Bertz CT molecular complexity index is 375. The highest BCUT2D eigenvalue weighted by atomic mass is 35.5. The molecule has 16 heavy (non-hydrogen) atoms. The van der Waals surface area contributed by atoms with Gasteiger partial charge in [0.15, 0.2) is 0 Å². The molecule has 1 atom stereocenters. The molecule has 0 bridgehead atoms. The summed E-state index contributed by atoms with van der Waals surface area (Å²) >= 11 is 6.02. The number of hydrogen-bond donors (Lipinski definition) is 2. The van der Waals surface area contributed by atoms with Gasteiger partial charge in [-0.25, -0.2) is 0 Å². The van der Waals surface area contributed by atoms with E-state index in [-0.39, 0.29) is 6.23 Å². The van der Waals surface area contributed by atoms with Crippen LogP contribution in [0.4, 0.5) is 5.69 Å². The molecule has 4 heteroatoms. The van der Waals surface area contributed by atoms with Gasteiger partial charge in [-0.15, -0.1) is 0 Å². The molecule has 0 aromatic heterocycles. The molecule has 0 aliphatic carbocycles. The van der Waals surface area contributed by atoms with Crippen molar-refractivity contribution in [3.63, 3.8) is 0 Å². The molecule has 1 saturated heterocycles. The summed E-state index contributed by atoms with van der Waals surface area (Å²) in [6.45, 7) is 0.804. The number of benzene rings is 1. The molecular formula is C12H15ClN2O. The second-order valence-corrected chi connectivity index (χ2v) is 4.25. The van der Waals surface area contributed by atoms with Crippen molar-refractivity contribution in [3.8, 4) is 0 Å². The van der Waals surface area contributed by atoms with Crippen LogP contribution in [0.1, 0.15) is 24.8 Å². The lowest BCUT2D eigenvalue weighted by molar-refractivity contribution is 0.0343. The summed E-state index contributed by atoms with van der Waals surface area (Å²) in [4.78, 5) is 0. The molecular weight excluding hydrogens is 224 g/mol. The van der Waals surface area contributed by atoms with Gasteiger partial charge in [-0.3, -0.25) is 0 Å². The molecule has 1 aromatic rings. The SMILES string of the molecule is N=Cc1c(Cl)cccc1NC1CCCCO1. The van der Waals surface area contributed by atoms with Crippen LogP contribution < -0.4 is 5.32 Å². The van der Waals surface area contributed by atoms with Gasteiger partial charge in [0.1, 0.15) is 6.23 Å². The minimum Gasteiger partial charge on any atom is -0.360 e. The fourth-order valence-corrected chi connectivity index (χ4v) is 2.07. The van der Waals surface area contributed by atoms with Crippen molar-refractivity contribution in [1.29, 1.82) is 5.41 Å². The van der Waals surface area contributed by atoms with E-state index in [2.05, 4.69) is 5.32 Å². The van der Waals surface area contributed by atoms with Gasteiger partial charge in [0, 0.05) is 24.1 Å². The maximum Gasteiger partial charge on any atom is 0.127 e. The average Bonchev–Trinajstić information content (AvgIpc) is 2.31. The van der Waals surface area contributed by atoms with Crippen LogP contribution in [0.2, 0.25) is 5.02 Å². The first-order valence-electron chi connectivity index (χ1n) is 5.48. The van der Waals surface area contributed by atoms with Crippen LogP contribution in [0.25, 0.3) is 0 Å². The molecule has 1 aliphatic rings. The first-order valence-corrected chi connectivity index (χ1v) is 5.86. The molecule has 1 unspecified atom stereocenters. The van der Waals surface area contributed by atoms with E-state index in [4.69, 9.17) is 21.7 Å². The molecule has 3 nitrogen and oxygen atoms in total. The maximum atomic E-state index is 7.35. The van der Waals surface area contributed by atoms with E-state index >= 15 is 0 Å². The van der Waals surface area contributed by atoms with Crippen LogP contribution in [0.15, 0.2) is 18.2 Å². The highest BCUT2D eigenvalue weighted by Crippen LogP contribution is 2.24. The van der Waals surface area contributed by atoms with Crippen molar-refractivity contribution in [2.45, 2.75) is 25.5 Å². The summed E-state index contributed by atoms with van der Waals surface area (Å²) in [5.74, 6) is 0. The third-order valence-corrected chi connectivity index (χ3v) is 3.02. The Balaban J connectivity index is 2.13. The summed E-state index contributed by atoms with van der Waals surface area (Å²) in [5.41, 5.74) is 1.59. The summed E-state index contributed by atoms with van der Waals surface area (Å²) in [6, 6.07) is 5.58. The van der Waals surface area contributed by atoms with Gasteiger partial charge < -0.3 is 15.5 Å². The Morgan fingerprint density at radius 1 is 1.44 bits per heavy atom. The third-order valence-electron chi connectivity index (χ3n) is 2.69. The molecule has 2 rings (SSSR count). The van der Waals surface area contributed by atoms with Crippen molar-refractivity contribution in [2.24, 2.45) is 0 Å². The number of hydrogen-bond acceptors (Lipinski definition) is 3. The highest BCUT2D eigenvalue weighted by Gasteiger charge is 2.15. The van der Waals surface area contributed by atoms with E-state index in [1.54, 1.807) is 6.07 Å². The first-order chi connectivity index (χ1) is 7.81. The topological polar surface area (TPSA) is 45.1 Å². The number of nitrogens with one attached hydrogen (secondary N) is 2. The smallest absolute Gasteiger partial charge is 0.127 e. The van der Waals surface area contributed by atoms with Crippen LogP contribution in [-0.2, 0) is 4.74 Å². The Kier molecular flexibility index (Phi) is 3.80. The normalized spacial score (nSPS) is 20.4. The zero-order chi connectivity index (χ0) is 11.4. The number of rotatable bonds is 3. The molecule has 0 amide bonds. The van der Waals surface area contributed by atoms with Crippen molar-refractivity contribution in [1.82, 2.24) is 0 Å². The van der Waals surface area contributed by atoms with E-state index in [0.29, 0.717) is 5.02 Å². The largest absolute Gasteiger partial charge is 0.360 e. The van der Waals surface area contributed by atoms with Crippen molar-refractivity contribution < 1.29 is 4.74 Å². The molecule has 0 radical (unpaired) electrons. The Morgan fingerprint density at radius 3 is 3.00 bits per heavy atom. The number of halogens is 1. The molecule has 2 N–H and O–H groups in total.